The summed E-state index contributed by atoms with van der Waals surface area (Å²) in [7, 11) is 0. The van der Waals surface area contributed by atoms with Gasteiger partial charge in [0.15, 0.2) is 0 Å². The molecule has 0 N–H and O–H groups in total. The van der Waals surface area contributed by atoms with Crippen LogP contribution in [0.4, 0.5) is 0 Å². The fourth-order valence-electron chi connectivity index (χ4n) is 0. The molecule has 0 fully saturated rings. The van der Waals surface area contributed by atoms with E-state index in [1.807, 2.05) is 22.9 Å². The van der Waals surface area contributed by atoms with Gasteiger partial charge in [-0.2, -0.15) is 0 Å². The Balaban J connectivity index is 0. The quantitative estimate of drug-likeness (QED) is 0.558. The van der Waals surface area contributed by atoms with Crippen molar-refractivity contribution in [3.8, 4) is 0 Å². The van der Waals surface area contributed by atoms with Crippen LogP contribution in [-0.4, -0.2) is 0 Å². The Morgan fingerprint density at radius 1 is 1.75 bits per heavy atom. The third-order valence-corrected chi connectivity index (χ3v) is 0. The van der Waals surface area contributed by atoms with Crippen LogP contribution in [-0.2, 0) is 43.1 Å². The molecule has 0 bridgehead atoms. The fourth-order valence-corrected chi connectivity index (χ4v) is 0. The molecular formula is INScV. The molecule has 0 aliphatic carbocycles. The summed E-state index contributed by atoms with van der Waals surface area (Å²) in [5, 5.41) is 0. The predicted octanol–water partition coefficient (Wildman–Crippen LogP) is 1.06. The third kappa shape index (κ3) is 9.01. The summed E-state index contributed by atoms with van der Waals surface area (Å²) in [5.74, 6) is 0. The maximum atomic E-state index is 3.41. The third-order valence-electron chi connectivity index (χ3n) is 0. The number of hydrogen-bond donors (Lipinski definition) is 0. The number of halogens is 1. The van der Waals surface area contributed by atoms with Gasteiger partial charge in [-0.15, -0.1) is 0 Å². The average Bonchev–Trinajstić information content (AvgIpc) is 0.918. The Morgan fingerprint density at radius 2 is 1.75 bits per heavy atom. The molecule has 0 amide bonds. The number of nitrogens with zero attached hydrogens (tertiary/aromatic N) is 1. The molecule has 0 unspecified atom stereocenters. The first kappa shape index (κ1) is 9.37. The summed E-state index contributed by atoms with van der Waals surface area (Å²) in [5.41, 5.74) is 0. The van der Waals surface area contributed by atoms with E-state index in [4.69, 9.17) is 0 Å². The van der Waals surface area contributed by atoms with E-state index in [-0.39, 0.29) is 25.8 Å². The maximum absolute atomic E-state index is 3.41. The molecule has 20 valence electrons. The van der Waals surface area contributed by atoms with Gasteiger partial charge < -0.3 is 0 Å². The normalized spacial score (nSPS) is 3.00. The second-order valence-electron chi connectivity index (χ2n) is 0.0756. The number of rotatable bonds is 0. The Labute approximate surface area is 67.0 Å². The standard InChI is InChI=1S/IN.Sc.V/c1-2;;. The minimum atomic E-state index is 0. The molecule has 0 saturated heterocycles. The Morgan fingerprint density at radius 3 is 1.75 bits per heavy atom. The Bertz CT molecular complexity index is 15.5. The van der Waals surface area contributed by atoms with Gasteiger partial charge in [-0.1, -0.05) is 0 Å². The van der Waals surface area contributed by atoms with E-state index in [0.29, 0.717) is 0 Å². The second-order valence-corrected chi connectivity index (χ2v) is 2.09. The summed E-state index contributed by atoms with van der Waals surface area (Å²) in [6.45, 7) is 0. The van der Waals surface area contributed by atoms with Crippen LogP contribution in [0.15, 0.2) is 2.00 Å². The first-order valence-electron chi connectivity index (χ1n) is 0.369. The second kappa shape index (κ2) is 8.88. The van der Waals surface area contributed by atoms with E-state index in [1.165, 1.54) is 0 Å². The molecule has 4 heteroatoms. The van der Waals surface area contributed by atoms with E-state index in [9.17, 15) is 0 Å². The molecule has 0 aromatic carbocycles. The first-order valence-corrected chi connectivity index (χ1v) is 1.96. The zero-order valence-corrected chi connectivity index (χ0v) is 7.21. The molecule has 0 aliphatic heterocycles. The van der Waals surface area contributed by atoms with Crippen molar-refractivity contribution in [1.82, 2.24) is 0 Å². The topological polar surface area (TPSA) is 12.4 Å². The van der Waals surface area contributed by atoms with Crippen LogP contribution in [0.2, 0.25) is 0 Å². The Kier molecular flexibility index (Phi) is 20.8. The predicted molar refractivity (Wildman–Crippen MR) is 16.4 cm³/mol. The van der Waals surface area contributed by atoms with Crippen LogP contribution in [0.5, 0.6) is 0 Å². The fraction of sp³-hybridized carbons (Fsp3) is 0. The molecule has 4 heavy (non-hydrogen) atoms. The summed E-state index contributed by atoms with van der Waals surface area (Å²) >= 11 is 3.96. The van der Waals surface area contributed by atoms with Gasteiger partial charge in [-0.05, 0) is 0 Å². The zero-order valence-electron chi connectivity index (χ0n) is 1.85. The van der Waals surface area contributed by atoms with Crippen molar-refractivity contribution < 1.29 is 43.1 Å². The van der Waals surface area contributed by atoms with E-state index in [2.05, 4.69) is 19.2 Å². The van der Waals surface area contributed by atoms with Gasteiger partial charge in [0.1, 0.15) is 0 Å². The van der Waals surface area contributed by atoms with E-state index in [0.717, 1.165) is 0 Å². The van der Waals surface area contributed by atoms with Crippen LogP contribution in [0, 0.1) is 0 Å². The summed E-state index contributed by atoms with van der Waals surface area (Å²) in [6, 6.07) is 0. The monoisotopic (exact) mass is 237 g/mol. The van der Waals surface area contributed by atoms with Gasteiger partial charge in [0.25, 0.3) is 0 Å². The van der Waals surface area contributed by atoms with Gasteiger partial charge >= 0.3 is 42.1 Å². The van der Waals surface area contributed by atoms with Crippen LogP contribution in [0.25, 0.3) is 0 Å². The average molecular weight is 237 g/mol. The molecular weight excluding hydrogens is 237 g/mol. The molecule has 1 nitrogen and oxygen atoms in total. The SMILES string of the molecule is [Sc].[V]=[N]I. The molecule has 0 rings (SSSR count). The van der Waals surface area contributed by atoms with Crippen molar-refractivity contribution in [3.63, 3.8) is 0 Å². The molecule has 0 aromatic rings. The molecule has 0 aromatic heterocycles. The molecule has 0 atom stereocenters. The molecule has 0 heterocycles. The van der Waals surface area contributed by atoms with Crippen LogP contribution in [0.3, 0.4) is 0 Å². The molecule has 1 radical (unpaired) electrons. The van der Waals surface area contributed by atoms with E-state index >= 15 is 0 Å². The zero-order chi connectivity index (χ0) is 2.71. The van der Waals surface area contributed by atoms with Crippen molar-refractivity contribution in [1.29, 1.82) is 0 Å². The van der Waals surface area contributed by atoms with Crippen molar-refractivity contribution in [2.24, 2.45) is 2.00 Å². The Hall–Kier alpha value is 1.98. The van der Waals surface area contributed by atoms with Crippen molar-refractivity contribution >= 4 is 22.9 Å². The van der Waals surface area contributed by atoms with Gasteiger partial charge in [0, 0.05) is 25.8 Å². The van der Waals surface area contributed by atoms with E-state index < -0.39 is 0 Å². The van der Waals surface area contributed by atoms with Crippen LogP contribution in [0.1, 0.15) is 0 Å². The van der Waals surface area contributed by atoms with Gasteiger partial charge in [-0.25, -0.2) is 0 Å². The van der Waals surface area contributed by atoms with E-state index in [1.54, 1.807) is 0 Å². The molecule has 0 spiro atoms. The summed E-state index contributed by atoms with van der Waals surface area (Å²) < 4.78 is 3.41. The van der Waals surface area contributed by atoms with Gasteiger partial charge in [-0.3, -0.25) is 0 Å². The number of hydrogen-bond acceptors (Lipinski definition) is 1. The van der Waals surface area contributed by atoms with Gasteiger partial charge in [0.05, 0.1) is 0 Å². The van der Waals surface area contributed by atoms with Crippen molar-refractivity contribution in [2.75, 3.05) is 0 Å². The summed E-state index contributed by atoms with van der Waals surface area (Å²) in [4.78, 5) is 0. The van der Waals surface area contributed by atoms with Crippen molar-refractivity contribution in [2.45, 2.75) is 0 Å². The van der Waals surface area contributed by atoms with Crippen LogP contribution < -0.4 is 0 Å². The van der Waals surface area contributed by atoms with Gasteiger partial charge in [0.2, 0.25) is 0 Å². The first-order chi connectivity index (χ1) is 1.41. The van der Waals surface area contributed by atoms with Crippen LogP contribution >= 0.6 is 22.9 Å². The summed E-state index contributed by atoms with van der Waals surface area (Å²) in [6.07, 6.45) is 0. The molecule has 0 aliphatic rings. The minimum absolute atomic E-state index is 0. The molecule has 0 saturated carbocycles. The van der Waals surface area contributed by atoms with Crippen molar-refractivity contribution in [3.05, 3.63) is 0 Å².